The first-order valence-corrected chi connectivity index (χ1v) is 12.3. The van der Waals surface area contributed by atoms with Crippen LogP contribution in [0.2, 0.25) is 0 Å². The quantitative estimate of drug-likeness (QED) is 0.192. The predicted molar refractivity (Wildman–Crippen MR) is 125 cm³/mol. The zero-order valence-electron chi connectivity index (χ0n) is 20.5. The van der Waals surface area contributed by atoms with Crippen molar-refractivity contribution in [2.45, 2.75) is 128 Å². The Bertz CT molecular complexity index is 472. The van der Waals surface area contributed by atoms with Gasteiger partial charge in [-0.1, -0.05) is 96.8 Å². The van der Waals surface area contributed by atoms with E-state index in [1.54, 1.807) is 0 Å². The predicted octanol–water partition coefficient (Wildman–Crippen LogP) is 5.73. The normalized spacial score (nSPS) is 15.0. The summed E-state index contributed by atoms with van der Waals surface area (Å²) in [5.41, 5.74) is -1.49. The van der Waals surface area contributed by atoms with E-state index < -0.39 is 17.6 Å². The van der Waals surface area contributed by atoms with E-state index in [1.807, 2.05) is 21.1 Å². The van der Waals surface area contributed by atoms with Crippen LogP contribution in [-0.2, 0) is 9.59 Å². The molecule has 2 unspecified atom stereocenters. The molecule has 0 aliphatic carbocycles. The van der Waals surface area contributed by atoms with Crippen LogP contribution in [0.4, 0.5) is 0 Å². The van der Waals surface area contributed by atoms with Gasteiger partial charge in [-0.3, -0.25) is 9.59 Å². The summed E-state index contributed by atoms with van der Waals surface area (Å²) < 4.78 is 0.234. The Morgan fingerprint density at radius 1 is 0.767 bits per heavy atom. The van der Waals surface area contributed by atoms with Crippen LogP contribution in [0.1, 0.15) is 117 Å². The van der Waals surface area contributed by atoms with Crippen molar-refractivity contribution in [1.29, 1.82) is 0 Å². The summed E-state index contributed by atoms with van der Waals surface area (Å²) in [6.45, 7) is 3.70. The molecule has 0 aliphatic rings. The highest BCUT2D eigenvalue weighted by Gasteiger charge is 2.49. The van der Waals surface area contributed by atoms with Crippen molar-refractivity contribution in [3.63, 3.8) is 0 Å². The molecule has 0 fully saturated rings. The lowest BCUT2D eigenvalue weighted by Gasteiger charge is -2.42. The van der Waals surface area contributed by atoms with Gasteiger partial charge in [0.1, 0.15) is 5.60 Å². The molecule has 0 saturated heterocycles. The van der Waals surface area contributed by atoms with Crippen molar-refractivity contribution >= 4 is 11.8 Å². The standard InChI is InChI=1S/C25H49NO4/c1-6-7-8-9-10-11-12-13-14-15-16-17-18-19-20-25(30,21-23(28)29)24(22(2)27)26(3,4)5/h24,30H,6-21H2,1-5H3/p+1. The molecular weight excluding hydrogens is 378 g/mol. The number of aliphatic carboxylic acids is 1. The van der Waals surface area contributed by atoms with Crippen molar-refractivity contribution in [3.8, 4) is 0 Å². The van der Waals surface area contributed by atoms with E-state index in [0.29, 0.717) is 6.42 Å². The number of Topliss-reactive ketones (excluding diaryl/α,β-unsaturated/α-hetero) is 1. The third kappa shape index (κ3) is 13.4. The summed E-state index contributed by atoms with van der Waals surface area (Å²) in [4.78, 5) is 23.5. The van der Waals surface area contributed by atoms with Gasteiger partial charge in [0.05, 0.1) is 27.6 Å². The fourth-order valence-electron chi connectivity index (χ4n) is 4.85. The number of ketones is 1. The van der Waals surface area contributed by atoms with Crippen LogP contribution in [0.25, 0.3) is 0 Å². The van der Waals surface area contributed by atoms with Gasteiger partial charge in [0.15, 0.2) is 11.8 Å². The van der Waals surface area contributed by atoms with Crippen LogP contribution in [-0.4, -0.2) is 59.2 Å². The lowest BCUT2D eigenvalue weighted by atomic mass is 9.81. The fourth-order valence-corrected chi connectivity index (χ4v) is 4.85. The summed E-state index contributed by atoms with van der Waals surface area (Å²) in [5, 5.41) is 20.4. The van der Waals surface area contributed by atoms with Crippen molar-refractivity contribution in [2.24, 2.45) is 0 Å². The van der Waals surface area contributed by atoms with Gasteiger partial charge < -0.3 is 14.7 Å². The summed E-state index contributed by atoms with van der Waals surface area (Å²) in [6, 6.07) is -0.726. The minimum atomic E-state index is -1.49. The summed E-state index contributed by atoms with van der Waals surface area (Å²) in [7, 11) is 5.51. The minimum absolute atomic E-state index is 0.156. The molecule has 0 radical (unpaired) electrons. The zero-order chi connectivity index (χ0) is 23.0. The first kappa shape index (κ1) is 29.1. The number of carboxylic acid groups (broad SMARTS) is 1. The van der Waals surface area contributed by atoms with Crippen molar-refractivity contribution in [1.82, 2.24) is 0 Å². The van der Waals surface area contributed by atoms with E-state index in [4.69, 9.17) is 0 Å². The van der Waals surface area contributed by atoms with Crippen LogP contribution >= 0.6 is 0 Å². The topological polar surface area (TPSA) is 74.6 Å². The molecule has 0 bridgehead atoms. The molecule has 0 amide bonds. The molecule has 0 aromatic heterocycles. The summed E-state index contributed by atoms with van der Waals surface area (Å²) in [5.74, 6) is -1.21. The Kier molecular flexibility index (Phi) is 15.3. The second kappa shape index (κ2) is 15.8. The third-order valence-corrected chi connectivity index (χ3v) is 6.09. The highest BCUT2D eigenvalue weighted by atomic mass is 16.4. The number of nitrogens with zero attached hydrogens (tertiary/aromatic N) is 1. The highest BCUT2D eigenvalue weighted by molar-refractivity contribution is 5.83. The largest absolute Gasteiger partial charge is 0.481 e. The lowest BCUT2D eigenvalue weighted by molar-refractivity contribution is -0.893. The van der Waals surface area contributed by atoms with E-state index in [2.05, 4.69) is 6.92 Å². The number of hydrogen-bond acceptors (Lipinski definition) is 3. The molecule has 5 nitrogen and oxygen atoms in total. The average Bonchev–Trinajstić information content (AvgIpc) is 2.59. The first-order valence-electron chi connectivity index (χ1n) is 12.3. The number of aliphatic hydroxyl groups is 1. The zero-order valence-corrected chi connectivity index (χ0v) is 20.5. The molecule has 0 heterocycles. The Morgan fingerprint density at radius 2 is 1.13 bits per heavy atom. The monoisotopic (exact) mass is 428 g/mol. The van der Waals surface area contributed by atoms with Gasteiger partial charge in [0, 0.05) is 6.92 Å². The van der Waals surface area contributed by atoms with E-state index >= 15 is 0 Å². The molecular formula is C25H50NO4+. The van der Waals surface area contributed by atoms with Crippen LogP contribution in [0.3, 0.4) is 0 Å². The molecule has 2 N–H and O–H groups in total. The Labute approximate surface area is 185 Å². The van der Waals surface area contributed by atoms with Gasteiger partial charge in [-0.05, 0) is 6.42 Å². The number of carboxylic acids is 1. The van der Waals surface area contributed by atoms with Crippen molar-refractivity contribution in [3.05, 3.63) is 0 Å². The lowest BCUT2D eigenvalue weighted by Crippen LogP contribution is -2.62. The average molecular weight is 429 g/mol. The van der Waals surface area contributed by atoms with Gasteiger partial charge in [-0.15, -0.1) is 0 Å². The number of quaternary nitrogens is 1. The van der Waals surface area contributed by atoms with E-state index in [0.717, 1.165) is 19.3 Å². The smallest absolute Gasteiger partial charge is 0.306 e. The van der Waals surface area contributed by atoms with E-state index in [-0.39, 0.29) is 16.7 Å². The number of unbranched alkanes of at least 4 members (excludes halogenated alkanes) is 13. The second-order valence-electron chi connectivity index (χ2n) is 10.1. The van der Waals surface area contributed by atoms with Gasteiger partial charge in [-0.2, -0.15) is 0 Å². The maximum absolute atomic E-state index is 12.2. The summed E-state index contributed by atoms with van der Waals surface area (Å²) in [6.07, 6.45) is 17.5. The summed E-state index contributed by atoms with van der Waals surface area (Å²) >= 11 is 0. The molecule has 0 saturated carbocycles. The van der Waals surface area contributed by atoms with Crippen LogP contribution in [0.5, 0.6) is 0 Å². The van der Waals surface area contributed by atoms with E-state index in [1.165, 1.54) is 77.6 Å². The highest BCUT2D eigenvalue weighted by Crippen LogP contribution is 2.30. The molecule has 0 aliphatic heterocycles. The molecule has 30 heavy (non-hydrogen) atoms. The molecule has 178 valence electrons. The number of rotatable bonds is 20. The van der Waals surface area contributed by atoms with Crippen LogP contribution in [0, 0.1) is 0 Å². The van der Waals surface area contributed by atoms with Crippen molar-refractivity contribution in [2.75, 3.05) is 21.1 Å². The minimum Gasteiger partial charge on any atom is -0.481 e. The van der Waals surface area contributed by atoms with Gasteiger partial charge >= 0.3 is 5.97 Å². The van der Waals surface area contributed by atoms with Crippen molar-refractivity contribution < 1.29 is 24.3 Å². The Morgan fingerprint density at radius 3 is 1.43 bits per heavy atom. The Balaban J connectivity index is 4.08. The van der Waals surface area contributed by atoms with Crippen LogP contribution in [0.15, 0.2) is 0 Å². The number of hydrogen-bond donors (Lipinski definition) is 2. The molecule has 5 heteroatoms. The fraction of sp³-hybridized carbons (Fsp3) is 0.920. The SMILES string of the molecule is CCCCCCCCCCCCCCCCC(O)(CC(=O)O)C(C(C)=O)[N+](C)(C)C. The first-order chi connectivity index (χ1) is 14.0. The van der Waals surface area contributed by atoms with Gasteiger partial charge in [0.25, 0.3) is 0 Å². The number of carbonyl (C=O) groups excluding carboxylic acids is 1. The van der Waals surface area contributed by atoms with Gasteiger partial charge in [0.2, 0.25) is 0 Å². The molecule has 0 rings (SSSR count). The maximum Gasteiger partial charge on any atom is 0.306 e. The molecule has 0 aromatic rings. The van der Waals surface area contributed by atoms with Crippen LogP contribution < -0.4 is 0 Å². The maximum atomic E-state index is 12.2. The Hall–Kier alpha value is -0.940. The molecule has 2 atom stereocenters. The molecule has 0 aromatic carbocycles. The van der Waals surface area contributed by atoms with Gasteiger partial charge in [-0.25, -0.2) is 0 Å². The van der Waals surface area contributed by atoms with E-state index in [9.17, 15) is 19.8 Å². The number of likely N-dealkylation sites (N-methyl/N-ethyl adjacent to an activating group) is 1. The second-order valence-corrected chi connectivity index (χ2v) is 10.1. The molecule has 0 spiro atoms. The number of carbonyl (C=O) groups is 2. The third-order valence-electron chi connectivity index (χ3n) is 6.09.